The molecule has 0 bridgehead atoms. The fourth-order valence-electron chi connectivity index (χ4n) is 1.74. The van der Waals surface area contributed by atoms with Gasteiger partial charge in [-0.15, -0.1) is 0 Å². The molecule has 0 aliphatic rings. The average Bonchev–Trinajstić information content (AvgIpc) is 2.37. The van der Waals surface area contributed by atoms with E-state index in [4.69, 9.17) is 0 Å². The molecule has 0 aliphatic carbocycles. The van der Waals surface area contributed by atoms with Gasteiger partial charge in [0.15, 0.2) is 0 Å². The van der Waals surface area contributed by atoms with Gasteiger partial charge < -0.3 is 5.32 Å². The van der Waals surface area contributed by atoms with Crippen LogP contribution in [0.4, 0.5) is 0 Å². The summed E-state index contributed by atoms with van der Waals surface area (Å²) in [4.78, 5) is 9.04. The highest BCUT2D eigenvalue weighted by Crippen LogP contribution is 2.17. The van der Waals surface area contributed by atoms with Gasteiger partial charge in [-0.2, -0.15) is 0 Å². The molecule has 1 N–H and O–H groups in total. The van der Waals surface area contributed by atoms with E-state index < -0.39 is 0 Å². The minimum atomic E-state index is 0.859. The van der Waals surface area contributed by atoms with Crippen LogP contribution in [0, 0.1) is 6.92 Å². The van der Waals surface area contributed by atoms with Gasteiger partial charge in [0.05, 0.1) is 5.69 Å². The Balaban J connectivity index is 2.32. The van der Waals surface area contributed by atoms with Crippen LogP contribution in [0.5, 0.6) is 0 Å². The lowest BCUT2D eigenvalue weighted by molar-refractivity contribution is 0.752. The summed E-state index contributed by atoms with van der Waals surface area (Å²) in [6, 6.07) is 12.2. The minimum Gasteiger partial charge on any atom is -0.319 e. The lowest BCUT2D eigenvalue weighted by Gasteiger charge is -2.06. The number of nitrogens with one attached hydrogen (secondary N) is 1. The second-order valence-corrected chi connectivity index (χ2v) is 4.03. The summed E-state index contributed by atoms with van der Waals surface area (Å²) in [5.41, 5.74) is 3.16. The van der Waals surface area contributed by atoms with Gasteiger partial charge in [0, 0.05) is 24.2 Å². The molecule has 0 radical (unpaired) electrons. The molecule has 0 unspecified atom stereocenters. The first-order chi connectivity index (χ1) is 8.29. The Morgan fingerprint density at radius 2 is 1.88 bits per heavy atom. The van der Waals surface area contributed by atoms with E-state index in [0.717, 1.165) is 35.7 Å². The molecule has 17 heavy (non-hydrogen) atoms. The quantitative estimate of drug-likeness (QED) is 0.870. The standard InChI is InChI=1S/C14H17N3/c1-11-10-13(12-6-4-3-5-7-12)17-14(16-11)8-9-15-2/h3-7,10,15H,8-9H2,1-2H3. The smallest absolute Gasteiger partial charge is 0.130 e. The predicted molar refractivity (Wildman–Crippen MR) is 69.8 cm³/mol. The van der Waals surface area contributed by atoms with Crippen LogP contribution in [-0.2, 0) is 6.42 Å². The first-order valence-electron chi connectivity index (χ1n) is 5.84. The zero-order valence-corrected chi connectivity index (χ0v) is 10.3. The van der Waals surface area contributed by atoms with Crippen molar-refractivity contribution in [1.29, 1.82) is 0 Å². The van der Waals surface area contributed by atoms with Gasteiger partial charge in [-0.05, 0) is 20.0 Å². The van der Waals surface area contributed by atoms with Crippen LogP contribution < -0.4 is 5.32 Å². The molecular formula is C14H17N3. The molecule has 0 spiro atoms. The van der Waals surface area contributed by atoms with Gasteiger partial charge in [0.1, 0.15) is 5.82 Å². The summed E-state index contributed by atoms with van der Waals surface area (Å²) >= 11 is 0. The first kappa shape index (κ1) is 11.7. The first-order valence-corrected chi connectivity index (χ1v) is 5.84. The Kier molecular flexibility index (Phi) is 3.83. The normalized spacial score (nSPS) is 10.5. The maximum atomic E-state index is 4.59. The molecule has 88 valence electrons. The van der Waals surface area contributed by atoms with Crippen LogP contribution in [0.15, 0.2) is 36.4 Å². The highest BCUT2D eigenvalue weighted by atomic mass is 14.9. The van der Waals surface area contributed by atoms with Crippen molar-refractivity contribution in [3.63, 3.8) is 0 Å². The summed E-state index contributed by atoms with van der Waals surface area (Å²) in [6.45, 7) is 2.91. The van der Waals surface area contributed by atoms with Gasteiger partial charge >= 0.3 is 0 Å². The van der Waals surface area contributed by atoms with Crippen molar-refractivity contribution >= 4 is 0 Å². The number of hydrogen-bond acceptors (Lipinski definition) is 3. The van der Waals surface area contributed by atoms with Crippen LogP contribution in [0.2, 0.25) is 0 Å². The number of likely N-dealkylation sites (N-methyl/N-ethyl adjacent to an activating group) is 1. The molecule has 3 nitrogen and oxygen atoms in total. The predicted octanol–water partition coefficient (Wildman–Crippen LogP) is 2.21. The van der Waals surface area contributed by atoms with Gasteiger partial charge in [0.2, 0.25) is 0 Å². The third-order valence-corrected chi connectivity index (χ3v) is 2.57. The van der Waals surface area contributed by atoms with Crippen molar-refractivity contribution in [3.8, 4) is 11.3 Å². The molecule has 2 rings (SSSR count). The number of aromatic nitrogens is 2. The number of rotatable bonds is 4. The minimum absolute atomic E-state index is 0.859. The van der Waals surface area contributed by atoms with Crippen molar-refractivity contribution < 1.29 is 0 Å². The molecule has 0 atom stereocenters. The van der Waals surface area contributed by atoms with E-state index in [1.807, 2.05) is 38.2 Å². The third-order valence-electron chi connectivity index (χ3n) is 2.57. The lowest BCUT2D eigenvalue weighted by atomic mass is 10.1. The van der Waals surface area contributed by atoms with Crippen LogP contribution in [-0.4, -0.2) is 23.6 Å². The Morgan fingerprint density at radius 3 is 2.59 bits per heavy atom. The van der Waals surface area contributed by atoms with Crippen LogP contribution in [0.3, 0.4) is 0 Å². The molecule has 0 saturated heterocycles. The Morgan fingerprint density at radius 1 is 1.12 bits per heavy atom. The zero-order chi connectivity index (χ0) is 12.1. The van der Waals surface area contributed by atoms with Crippen LogP contribution >= 0.6 is 0 Å². The summed E-state index contributed by atoms with van der Waals surface area (Å²) in [7, 11) is 1.94. The van der Waals surface area contributed by atoms with E-state index in [9.17, 15) is 0 Å². The van der Waals surface area contributed by atoms with Crippen molar-refractivity contribution in [2.45, 2.75) is 13.3 Å². The Bertz CT molecular complexity index is 480. The second-order valence-electron chi connectivity index (χ2n) is 4.03. The third kappa shape index (κ3) is 3.11. The van der Waals surface area contributed by atoms with E-state index >= 15 is 0 Å². The van der Waals surface area contributed by atoms with Gasteiger partial charge in [-0.1, -0.05) is 30.3 Å². The molecular weight excluding hydrogens is 210 g/mol. The van der Waals surface area contributed by atoms with E-state index in [0.29, 0.717) is 0 Å². The molecule has 0 fully saturated rings. The number of nitrogens with zero attached hydrogens (tertiary/aromatic N) is 2. The largest absolute Gasteiger partial charge is 0.319 e. The zero-order valence-electron chi connectivity index (χ0n) is 10.3. The maximum Gasteiger partial charge on any atom is 0.130 e. The van der Waals surface area contributed by atoms with Crippen LogP contribution in [0.25, 0.3) is 11.3 Å². The molecule has 1 aromatic carbocycles. The highest BCUT2D eigenvalue weighted by Gasteiger charge is 2.03. The molecule has 0 aliphatic heterocycles. The number of benzene rings is 1. The van der Waals surface area contributed by atoms with E-state index in [2.05, 4.69) is 27.4 Å². The molecule has 1 heterocycles. The number of hydrogen-bond donors (Lipinski definition) is 1. The Hall–Kier alpha value is -1.74. The van der Waals surface area contributed by atoms with E-state index in [-0.39, 0.29) is 0 Å². The average molecular weight is 227 g/mol. The Labute approximate surface area is 102 Å². The molecule has 0 amide bonds. The van der Waals surface area contributed by atoms with Crippen molar-refractivity contribution in [1.82, 2.24) is 15.3 Å². The highest BCUT2D eigenvalue weighted by molar-refractivity contribution is 5.58. The summed E-state index contributed by atoms with van der Waals surface area (Å²) in [5, 5.41) is 3.11. The monoisotopic (exact) mass is 227 g/mol. The van der Waals surface area contributed by atoms with Crippen molar-refractivity contribution in [2.24, 2.45) is 0 Å². The van der Waals surface area contributed by atoms with Crippen molar-refractivity contribution in [2.75, 3.05) is 13.6 Å². The number of aryl methyl sites for hydroxylation is 1. The van der Waals surface area contributed by atoms with Gasteiger partial charge in [-0.25, -0.2) is 9.97 Å². The molecule has 2 aromatic rings. The van der Waals surface area contributed by atoms with Crippen molar-refractivity contribution in [3.05, 3.63) is 47.9 Å². The summed E-state index contributed by atoms with van der Waals surface area (Å²) in [5.74, 6) is 0.901. The second kappa shape index (κ2) is 5.55. The van der Waals surface area contributed by atoms with E-state index in [1.54, 1.807) is 0 Å². The fourth-order valence-corrected chi connectivity index (χ4v) is 1.74. The lowest BCUT2D eigenvalue weighted by Crippen LogP contribution is -2.12. The van der Waals surface area contributed by atoms with Gasteiger partial charge in [0.25, 0.3) is 0 Å². The SMILES string of the molecule is CNCCc1nc(C)cc(-c2ccccc2)n1. The van der Waals surface area contributed by atoms with Gasteiger partial charge in [-0.3, -0.25) is 0 Å². The molecule has 3 heteroatoms. The fraction of sp³-hybridized carbons (Fsp3) is 0.286. The van der Waals surface area contributed by atoms with E-state index in [1.165, 1.54) is 0 Å². The molecule has 0 saturated carbocycles. The summed E-state index contributed by atoms with van der Waals surface area (Å²) in [6.07, 6.45) is 0.859. The molecule has 1 aromatic heterocycles. The van der Waals surface area contributed by atoms with Crippen LogP contribution in [0.1, 0.15) is 11.5 Å². The summed E-state index contributed by atoms with van der Waals surface area (Å²) < 4.78 is 0. The maximum absolute atomic E-state index is 4.59. The topological polar surface area (TPSA) is 37.8 Å².